The Labute approximate surface area is 87.0 Å². The molecule has 0 fully saturated rings. The molecule has 4 nitrogen and oxygen atoms in total. The van der Waals surface area contributed by atoms with Gasteiger partial charge in [-0.1, -0.05) is 0 Å². The van der Waals surface area contributed by atoms with Crippen LogP contribution in [0.15, 0.2) is 18.2 Å². The highest BCUT2D eigenvalue weighted by molar-refractivity contribution is 5.81. The third-order valence-electron chi connectivity index (χ3n) is 1.53. The van der Waals surface area contributed by atoms with E-state index in [2.05, 4.69) is 10.6 Å². The summed E-state index contributed by atoms with van der Waals surface area (Å²) in [5.74, 6) is -0.829. The number of hydrogen-bond donors (Lipinski definition) is 2. The zero-order valence-corrected chi connectivity index (χ0v) is 7.64. The van der Waals surface area contributed by atoms with Gasteiger partial charge in [-0.3, -0.25) is 10.2 Å². The van der Waals surface area contributed by atoms with E-state index in [1.807, 2.05) is 0 Å². The van der Waals surface area contributed by atoms with E-state index in [9.17, 15) is 22.4 Å². The van der Waals surface area contributed by atoms with Gasteiger partial charge in [-0.05, 0) is 12.1 Å². The van der Waals surface area contributed by atoms with Gasteiger partial charge in [0, 0.05) is 6.07 Å². The van der Waals surface area contributed by atoms with Crippen LogP contribution in [-0.4, -0.2) is 12.0 Å². The van der Waals surface area contributed by atoms with E-state index in [4.69, 9.17) is 0 Å². The van der Waals surface area contributed by atoms with Gasteiger partial charge in [0.05, 0.1) is 0 Å². The van der Waals surface area contributed by atoms with Crippen molar-refractivity contribution in [1.82, 2.24) is 5.43 Å². The Balaban J connectivity index is 2.95. The van der Waals surface area contributed by atoms with Crippen molar-refractivity contribution in [2.24, 2.45) is 5.84 Å². The molecule has 0 saturated heterocycles. The first kappa shape index (κ1) is 12.2. The van der Waals surface area contributed by atoms with E-state index in [0.29, 0.717) is 18.2 Å². The summed E-state index contributed by atoms with van der Waals surface area (Å²) in [4.78, 5) is 10.5. The van der Waals surface area contributed by atoms with Crippen molar-refractivity contribution in [3.8, 4) is 5.75 Å². The lowest BCUT2D eigenvalue weighted by atomic mass is 10.3. The molecule has 0 aliphatic rings. The average Bonchev–Trinajstić information content (AvgIpc) is 2.22. The van der Waals surface area contributed by atoms with Crippen molar-refractivity contribution in [1.29, 1.82) is 0 Å². The van der Waals surface area contributed by atoms with Gasteiger partial charge < -0.3 is 4.74 Å². The number of halogens is 4. The van der Waals surface area contributed by atoms with Crippen molar-refractivity contribution in [3.05, 3.63) is 29.8 Å². The maximum absolute atomic E-state index is 12.9. The lowest BCUT2D eigenvalue weighted by Crippen LogP contribution is -2.47. The highest BCUT2D eigenvalue weighted by Crippen LogP contribution is 2.25. The number of benzene rings is 1. The first-order chi connectivity index (χ1) is 7.36. The number of nitrogens with one attached hydrogen (secondary N) is 1. The van der Waals surface area contributed by atoms with E-state index in [0.717, 1.165) is 5.43 Å². The highest BCUT2D eigenvalue weighted by Gasteiger charge is 2.42. The maximum Gasteiger partial charge on any atom is 0.483 e. The fourth-order valence-electron chi connectivity index (χ4n) is 0.824. The summed E-state index contributed by atoms with van der Waals surface area (Å²) in [6, 6.07) is 1.68. The van der Waals surface area contributed by atoms with Crippen LogP contribution < -0.4 is 16.0 Å². The molecule has 0 spiro atoms. The maximum atomic E-state index is 12.9. The monoisotopic (exact) mass is 238 g/mol. The van der Waals surface area contributed by atoms with E-state index in [1.165, 1.54) is 0 Å². The van der Waals surface area contributed by atoms with Crippen molar-refractivity contribution in [2.45, 2.75) is 6.11 Å². The van der Waals surface area contributed by atoms with Crippen LogP contribution in [0.2, 0.25) is 0 Å². The van der Waals surface area contributed by atoms with Gasteiger partial charge in [0.25, 0.3) is 0 Å². The summed E-state index contributed by atoms with van der Waals surface area (Å²) in [5.41, 5.74) is 1.13. The Morgan fingerprint density at radius 2 is 2.00 bits per heavy atom. The van der Waals surface area contributed by atoms with Crippen molar-refractivity contribution in [2.75, 3.05) is 0 Å². The summed E-state index contributed by atoms with van der Waals surface area (Å²) in [6.45, 7) is 0. The minimum Gasteiger partial charge on any atom is -0.422 e. The minimum atomic E-state index is -4.39. The quantitative estimate of drug-likeness (QED) is 0.356. The first-order valence-corrected chi connectivity index (χ1v) is 3.90. The Kier molecular flexibility index (Phi) is 3.33. The largest absolute Gasteiger partial charge is 0.483 e. The number of hydrazine groups is 1. The van der Waals surface area contributed by atoms with E-state index in [-0.39, 0.29) is 0 Å². The topological polar surface area (TPSA) is 64.3 Å². The first-order valence-electron chi connectivity index (χ1n) is 3.90. The number of carbonyl (C=O) groups excluding carboxylic acids is 1. The number of amides is 1. The number of hydrogen-bond acceptors (Lipinski definition) is 3. The Bertz CT molecular complexity index is 411. The zero-order valence-electron chi connectivity index (χ0n) is 7.64. The lowest BCUT2D eigenvalue weighted by Gasteiger charge is -2.15. The summed E-state index contributed by atoms with van der Waals surface area (Å²) in [5, 5.41) is 0. The number of nitrogens with two attached hydrogens (primary N) is 1. The van der Waals surface area contributed by atoms with Crippen LogP contribution >= 0.6 is 0 Å². The van der Waals surface area contributed by atoms with Gasteiger partial charge >= 0.3 is 12.0 Å². The molecule has 1 aromatic rings. The summed E-state index contributed by atoms with van der Waals surface area (Å²) in [7, 11) is 0. The Morgan fingerprint density at radius 3 is 2.56 bits per heavy atom. The normalized spacial score (nSPS) is 11.1. The molecule has 0 atom stereocenters. The average molecular weight is 238 g/mol. The van der Waals surface area contributed by atoms with Crippen LogP contribution in [0.1, 0.15) is 0 Å². The fraction of sp³-hybridized carbons (Fsp3) is 0.125. The molecular weight excluding hydrogens is 232 g/mol. The van der Waals surface area contributed by atoms with Crippen LogP contribution in [0.3, 0.4) is 0 Å². The molecule has 1 amide bonds. The zero-order chi connectivity index (χ0) is 12.3. The SMILES string of the molecule is NNC(=O)C(F)(F)Oc1cc(F)ccc1F. The molecule has 0 heterocycles. The van der Waals surface area contributed by atoms with Gasteiger partial charge in [0.2, 0.25) is 0 Å². The molecular formula is C8H6F4N2O2. The third-order valence-corrected chi connectivity index (χ3v) is 1.53. The smallest absolute Gasteiger partial charge is 0.422 e. The molecule has 0 aliphatic carbocycles. The molecule has 1 rings (SSSR count). The van der Waals surface area contributed by atoms with Gasteiger partial charge in [0.15, 0.2) is 11.6 Å². The van der Waals surface area contributed by atoms with E-state index < -0.39 is 29.4 Å². The van der Waals surface area contributed by atoms with Crippen LogP contribution in [0.25, 0.3) is 0 Å². The van der Waals surface area contributed by atoms with Crippen molar-refractivity contribution in [3.63, 3.8) is 0 Å². The van der Waals surface area contributed by atoms with Crippen LogP contribution in [0.5, 0.6) is 5.75 Å². The lowest BCUT2D eigenvalue weighted by molar-refractivity contribution is -0.193. The molecule has 0 aromatic heterocycles. The molecule has 0 saturated carbocycles. The standard InChI is InChI=1S/C8H6F4N2O2/c9-4-1-2-5(10)6(3-4)16-8(11,12)7(15)14-13/h1-3H,13H2,(H,14,15). The molecule has 1 aromatic carbocycles. The Morgan fingerprint density at radius 1 is 1.38 bits per heavy atom. The van der Waals surface area contributed by atoms with Gasteiger partial charge in [0.1, 0.15) is 5.82 Å². The molecule has 0 unspecified atom stereocenters. The van der Waals surface area contributed by atoms with E-state index in [1.54, 1.807) is 0 Å². The van der Waals surface area contributed by atoms with Gasteiger partial charge in [-0.15, -0.1) is 0 Å². The molecule has 3 N–H and O–H groups in total. The molecule has 88 valence electrons. The van der Waals surface area contributed by atoms with Crippen LogP contribution in [0, 0.1) is 11.6 Å². The number of alkyl halides is 2. The molecule has 0 radical (unpaired) electrons. The van der Waals surface area contributed by atoms with Crippen molar-refractivity contribution >= 4 is 5.91 Å². The van der Waals surface area contributed by atoms with Crippen LogP contribution in [-0.2, 0) is 4.79 Å². The van der Waals surface area contributed by atoms with Crippen LogP contribution in [0.4, 0.5) is 17.6 Å². The van der Waals surface area contributed by atoms with Crippen molar-refractivity contribution < 1.29 is 27.1 Å². The summed E-state index contributed by atoms with van der Waals surface area (Å²) in [6.07, 6.45) is -4.39. The minimum absolute atomic E-state index is 0.382. The number of rotatable bonds is 3. The molecule has 0 aliphatic heterocycles. The predicted molar refractivity (Wildman–Crippen MR) is 44.3 cm³/mol. The fourth-order valence-corrected chi connectivity index (χ4v) is 0.824. The summed E-state index contributed by atoms with van der Waals surface area (Å²) >= 11 is 0. The van der Waals surface area contributed by atoms with Gasteiger partial charge in [-0.2, -0.15) is 8.78 Å². The Hall–Kier alpha value is -1.83. The van der Waals surface area contributed by atoms with Gasteiger partial charge in [-0.25, -0.2) is 14.6 Å². The van der Waals surface area contributed by atoms with E-state index >= 15 is 0 Å². The summed E-state index contributed by atoms with van der Waals surface area (Å²) < 4.78 is 54.8. The number of ether oxygens (including phenoxy) is 1. The molecule has 16 heavy (non-hydrogen) atoms. The predicted octanol–water partition coefficient (Wildman–Crippen LogP) is 0.926. The molecule has 0 bridgehead atoms. The second kappa shape index (κ2) is 4.35. The highest BCUT2D eigenvalue weighted by atomic mass is 19.3. The third kappa shape index (κ3) is 2.60. The second-order valence-electron chi connectivity index (χ2n) is 2.67. The second-order valence-corrected chi connectivity index (χ2v) is 2.67. The number of carbonyl (C=O) groups is 1. The molecule has 8 heteroatoms.